The first-order valence-corrected chi connectivity index (χ1v) is 11.5. The second-order valence-electron chi connectivity index (χ2n) is 7.86. The number of aryl methyl sites for hydroxylation is 1. The second kappa shape index (κ2) is 7.72. The molecule has 2 N–H and O–H groups in total. The fourth-order valence-electron chi connectivity index (χ4n) is 3.86. The summed E-state index contributed by atoms with van der Waals surface area (Å²) >= 11 is 0. The molecule has 2 atom stereocenters. The summed E-state index contributed by atoms with van der Waals surface area (Å²) in [7, 11) is -3.94. The SMILES string of the molecule is Cc1ccc2nc1Oc1cccc(c1)C[C@H]1[C@@H](NS(C)(=O)=O)C(F)(F)CN1C(=O)NC2. The molecular weight excluding hydrogens is 430 g/mol. The zero-order valence-electron chi connectivity index (χ0n) is 16.9. The molecular formula is C20H22F2N4O4S. The molecule has 8 nitrogen and oxygen atoms in total. The molecule has 1 aromatic carbocycles. The fourth-order valence-corrected chi connectivity index (χ4v) is 4.65. The van der Waals surface area contributed by atoms with E-state index in [1.54, 1.807) is 36.4 Å². The summed E-state index contributed by atoms with van der Waals surface area (Å²) in [6, 6.07) is 6.75. The van der Waals surface area contributed by atoms with Gasteiger partial charge in [0.2, 0.25) is 15.9 Å². The highest BCUT2D eigenvalue weighted by molar-refractivity contribution is 7.88. The Balaban J connectivity index is 1.77. The van der Waals surface area contributed by atoms with E-state index in [1.807, 2.05) is 11.6 Å². The average Bonchev–Trinajstić information content (AvgIpc) is 2.91. The number of halogens is 2. The lowest BCUT2D eigenvalue weighted by atomic mass is 9.99. The van der Waals surface area contributed by atoms with E-state index in [0.717, 1.165) is 16.7 Å². The Morgan fingerprint density at radius 3 is 2.81 bits per heavy atom. The summed E-state index contributed by atoms with van der Waals surface area (Å²) in [5, 5.41) is 2.61. The maximum Gasteiger partial charge on any atom is 0.318 e. The number of urea groups is 1. The minimum absolute atomic E-state index is 0.00597. The van der Waals surface area contributed by atoms with E-state index in [2.05, 4.69) is 10.3 Å². The van der Waals surface area contributed by atoms with Crippen LogP contribution in [0.25, 0.3) is 0 Å². The van der Waals surface area contributed by atoms with Gasteiger partial charge in [0.05, 0.1) is 31.1 Å². The van der Waals surface area contributed by atoms with Crippen LogP contribution in [0.15, 0.2) is 36.4 Å². The number of hydrogen-bond donors (Lipinski definition) is 2. The predicted octanol–water partition coefficient (Wildman–Crippen LogP) is 2.19. The van der Waals surface area contributed by atoms with Gasteiger partial charge in [0.25, 0.3) is 5.92 Å². The quantitative estimate of drug-likeness (QED) is 0.728. The molecule has 1 aromatic heterocycles. The summed E-state index contributed by atoms with van der Waals surface area (Å²) < 4.78 is 61.1. The van der Waals surface area contributed by atoms with Crippen LogP contribution >= 0.6 is 0 Å². The number of benzene rings is 1. The Bertz CT molecular complexity index is 1130. The van der Waals surface area contributed by atoms with Crippen molar-refractivity contribution in [3.05, 3.63) is 53.2 Å². The van der Waals surface area contributed by atoms with Gasteiger partial charge in [0.15, 0.2) is 0 Å². The number of carbonyl (C=O) groups excluding carboxylic acids is 1. The van der Waals surface area contributed by atoms with E-state index < -0.39 is 40.6 Å². The highest BCUT2D eigenvalue weighted by Gasteiger charge is 2.56. The topological polar surface area (TPSA) is 101 Å². The third kappa shape index (κ3) is 4.62. The zero-order valence-corrected chi connectivity index (χ0v) is 17.7. The van der Waals surface area contributed by atoms with Gasteiger partial charge in [-0.3, -0.25) is 0 Å². The molecule has 0 radical (unpaired) electrons. The Labute approximate surface area is 178 Å². The molecule has 166 valence electrons. The monoisotopic (exact) mass is 452 g/mol. The first-order valence-electron chi connectivity index (χ1n) is 9.65. The molecule has 2 aromatic rings. The summed E-state index contributed by atoms with van der Waals surface area (Å²) in [5.41, 5.74) is 1.91. The minimum atomic E-state index is -3.94. The van der Waals surface area contributed by atoms with Crippen molar-refractivity contribution in [2.24, 2.45) is 0 Å². The number of amides is 2. The van der Waals surface area contributed by atoms with E-state index in [-0.39, 0.29) is 13.0 Å². The maximum atomic E-state index is 14.8. The lowest BCUT2D eigenvalue weighted by Gasteiger charge is -2.28. The van der Waals surface area contributed by atoms with Gasteiger partial charge in [0.1, 0.15) is 11.8 Å². The van der Waals surface area contributed by atoms with E-state index in [1.165, 1.54) is 0 Å². The van der Waals surface area contributed by atoms with Crippen molar-refractivity contribution in [3.63, 3.8) is 0 Å². The van der Waals surface area contributed by atoms with Gasteiger partial charge in [-0.1, -0.05) is 18.2 Å². The lowest BCUT2D eigenvalue weighted by molar-refractivity contribution is -0.00451. The molecule has 2 amide bonds. The van der Waals surface area contributed by atoms with Crippen LogP contribution in [0.4, 0.5) is 13.6 Å². The zero-order chi connectivity index (χ0) is 22.4. The van der Waals surface area contributed by atoms with Gasteiger partial charge in [-0.2, -0.15) is 0 Å². The Morgan fingerprint density at radius 1 is 1.29 bits per heavy atom. The molecule has 0 saturated carbocycles. The average molecular weight is 452 g/mol. The van der Waals surface area contributed by atoms with Crippen LogP contribution in [-0.4, -0.2) is 55.1 Å². The molecule has 3 heterocycles. The van der Waals surface area contributed by atoms with Crippen LogP contribution < -0.4 is 14.8 Å². The number of aromatic nitrogens is 1. The number of fused-ring (bicyclic) bond motifs is 5. The van der Waals surface area contributed by atoms with Crippen molar-refractivity contribution < 1.29 is 26.7 Å². The molecule has 11 heteroatoms. The second-order valence-corrected chi connectivity index (χ2v) is 9.64. The molecule has 31 heavy (non-hydrogen) atoms. The standard InChI is InChI=1S/C20H22F2N4O4S/c1-12-6-7-14-10-23-19(27)26-11-20(21,22)17(25-31(2,28)29)16(26)9-13-4-3-5-15(8-13)30-18(12)24-14/h3-8,16-17,25H,9-11H2,1-2H3,(H,23,27)/t16-,17+/m0/s1. The minimum Gasteiger partial charge on any atom is -0.439 e. The molecule has 4 bridgehead atoms. The first-order chi connectivity index (χ1) is 14.5. The van der Waals surface area contributed by atoms with E-state index in [0.29, 0.717) is 22.9 Å². The van der Waals surface area contributed by atoms with Gasteiger partial charge in [-0.05, 0) is 37.1 Å². The molecule has 2 aliphatic rings. The van der Waals surface area contributed by atoms with Crippen molar-refractivity contribution in [2.45, 2.75) is 37.9 Å². The normalized spacial score (nSPS) is 23.0. The Morgan fingerprint density at radius 2 is 2.06 bits per heavy atom. The first kappa shape index (κ1) is 21.4. The van der Waals surface area contributed by atoms with Crippen LogP contribution in [0.5, 0.6) is 11.6 Å². The Kier molecular flexibility index (Phi) is 5.34. The van der Waals surface area contributed by atoms with Crippen molar-refractivity contribution in [3.8, 4) is 11.6 Å². The number of rotatable bonds is 2. The summed E-state index contributed by atoms with van der Waals surface area (Å²) in [6.07, 6.45) is 0.831. The largest absolute Gasteiger partial charge is 0.439 e. The predicted molar refractivity (Wildman–Crippen MR) is 109 cm³/mol. The van der Waals surface area contributed by atoms with Crippen LogP contribution in [0, 0.1) is 6.92 Å². The molecule has 1 saturated heterocycles. The van der Waals surface area contributed by atoms with Crippen molar-refractivity contribution in [2.75, 3.05) is 12.8 Å². The highest BCUT2D eigenvalue weighted by Crippen LogP contribution is 2.35. The van der Waals surface area contributed by atoms with Crippen LogP contribution in [0.1, 0.15) is 16.8 Å². The molecule has 0 spiro atoms. The van der Waals surface area contributed by atoms with Gasteiger partial charge in [-0.15, -0.1) is 0 Å². The van der Waals surface area contributed by atoms with Gasteiger partial charge in [0, 0.05) is 5.56 Å². The molecule has 1 fully saturated rings. The van der Waals surface area contributed by atoms with E-state index in [9.17, 15) is 22.0 Å². The number of alkyl halides is 2. The van der Waals surface area contributed by atoms with E-state index in [4.69, 9.17) is 4.74 Å². The maximum absolute atomic E-state index is 14.8. The summed E-state index contributed by atoms with van der Waals surface area (Å²) in [6.45, 7) is 0.942. The summed E-state index contributed by atoms with van der Waals surface area (Å²) in [5.74, 6) is -2.59. The van der Waals surface area contributed by atoms with Crippen LogP contribution in [-0.2, 0) is 23.0 Å². The van der Waals surface area contributed by atoms with Gasteiger partial charge >= 0.3 is 6.03 Å². The molecule has 0 unspecified atom stereocenters. The van der Waals surface area contributed by atoms with Gasteiger partial charge in [-0.25, -0.2) is 31.7 Å². The molecule has 2 aliphatic heterocycles. The highest BCUT2D eigenvalue weighted by atomic mass is 32.2. The number of ether oxygens (including phenoxy) is 1. The van der Waals surface area contributed by atoms with Crippen molar-refractivity contribution in [1.29, 1.82) is 0 Å². The Hall–Kier alpha value is -2.79. The fraction of sp³-hybridized carbons (Fsp3) is 0.400. The summed E-state index contributed by atoms with van der Waals surface area (Å²) in [4.78, 5) is 18.2. The smallest absolute Gasteiger partial charge is 0.318 e. The number of carbonyl (C=O) groups is 1. The number of sulfonamides is 1. The number of pyridine rings is 1. The molecule has 0 aliphatic carbocycles. The van der Waals surface area contributed by atoms with Gasteiger partial charge < -0.3 is 15.0 Å². The van der Waals surface area contributed by atoms with E-state index >= 15 is 0 Å². The third-order valence-corrected chi connectivity index (χ3v) is 5.99. The van der Waals surface area contributed by atoms with Crippen LogP contribution in [0.3, 0.4) is 0 Å². The van der Waals surface area contributed by atoms with Crippen LogP contribution in [0.2, 0.25) is 0 Å². The van der Waals surface area contributed by atoms with Crippen molar-refractivity contribution in [1.82, 2.24) is 19.9 Å². The lowest BCUT2D eigenvalue weighted by Crippen LogP contribution is -2.53. The number of nitrogens with one attached hydrogen (secondary N) is 2. The van der Waals surface area contributed by atoms with Crippen molar-refractivity contribution >= 4 is 16.1 Å². The number of hydrogen-bond acceptors (Lipinski definition) is 5. The third-order valence-electron chi connectivity index (χ3n) is 5.31. The molecule has 4 rings (SSSR count). The number of nitrogens with zero attached hydrogens (tertiary/aromatic N) is 2.